The van der Waals surface area contributed by atoms with Gasteiger partial charge in [0.25, 0.3) is 0 Å². The van der Waals surface area contributed by atoms with Gasteiger partial charge < -0.3 is 14.4 Å². The summed E-state index contributed by atoms with van der Waals surface area (Å²) in [5, 5.41) is 0.965. The molecule has 1 fully saturated rings. The van der Waals surface area contributed by atoms with Crippen molar-refractivity contribution in [1.82, 2.24) is 4.98 Å². The number of quaternary nitrogens is 1. The van der Waals surface area contributed by atoms with Crippen LogP contribution in [-0.2, 0) is 20.8 Å². The summed E-state index contributed by atoms with van der Waals surface area (Å²) in [4.78, 5) is 30.9. The van der Waals surface area contributed by atoms with Crippen molar-refractivity contribution in [3.8, 4) is 0 Å². The topological polar surface area (TPSA) is 69.9 Å². The fraction of sp³-hybridized carbons (Fsp3) is 0.500. The maximum Gasteiger partial charge on any atom is 0.340 e. The summed E-state index contributed by atoms with van der Waals surface area (Å²) in [6.45, 7) is 8.57. The molecule has 3 rings (SSSR count). The molecule has 0 aliphatic carbocycles. The van der Waals surface area contributed by atoms with Gasteiger partial charge >= 0.3 is 11.9 Å². The third kappa shape index (κ3) is 4.33. The molecule has 150 valence electrons. The molecule has 1 aromatic carbocycles. The van der Waals surface area contributed by atoms with Crippen molar-refractivity contribution < 1.29 is 24.0 Å². The van der Waals surface area contributed by atoms with Crippen LogP contribution in [0.1, 0.15) is 48.3 Å². The van der Waals surface area contributed by atoms with Crippen molar-refractivity contribution in [2.75, 3.05) is 26.3 Å². The molecule has 0 spiro atoms. The molecule has 2 aromatic rings. The number of nitrogens with one attached hydrogen (secondary N) is 1. The summed E-state index contributed by atoms with van der Waals surface area (Å²) >= 11 is 0. The first-order valence-electron chi connectivity index (χ1n) is 10.1. The molecular weight excluding hydrogens is 356 g/mol. The number of para-hydroxylation sites is 1. The van der Waals surface area contributed by atoms with Crippen molar-refractivity contribution in [2.45, 2.75) is 40.2 Å². The number of esters is 2. The van der Waals surface area contributed by atoms with E-state index in [1.54, 1.807) is 6.92 Å². The van der Waals surface area contributed by atoms with Gasteiger partial charge in [-0.15, -0.1) is 0 Å². The molecule has 28 heavy (non-hydrogen) atoms. The lowest BCUT2D eigenvalue weighted by Gasteiger charge is -2.29. The Morgan fingerprint density at radius 3 is 2.68 bits per heavy atom. The molecule has 1 saturated heterocycles. The Morgan fingerprint density at radius 2 is 1.93 bits per heavy atom. The average molecular weight is 385 g/mol. The fourth-order valence-electron chi connectivity index (χ4n) is 4.05. The highest BCUT2D eigenvalue weighted by molar-refractivity contribution is 5.98. The number of aromatic nitrogens is 1. The van der Waals surface area contributed by atoms with E-state index in [9.17, 15) is 9.59 Å². The third-order valence-corrected chi connectivity index (χ3v) is 5.36. The number of aryl methyl sites for hydroxylation is 1. The van der Waals surface area contributed by atoms with E-state index in [-0.39, 0.29) is 17.9 Å². The zero-order chi connectivity index (χ0) is 20.1. The van der Waals surface area contributed by atoms with Crippen molar-refractivity contribution in [3.05, 3.63) is 41.1 Å². The molecule has 0 radical (unpaired) electrons. The smallest absolute Gasteiger partial charge is 0.340 e. The van der Waals surface area contributed by atoms with E-state index in [1.807, 2.05) is 38.1 Å². The number of likely N-dealkylation sites (tertiary alicyclic amines) is 1. The second kappa shape index (κ2) is 9.15. The predicted octanol–water partition coefficient (Wildman–Crippen LogP) is 2.08. The average Bonchev–Trinajstić information content (AvgIpc) is 2.69. The third-order valence-electron chi connectivity index (χ3n) is 5.36. The molecule has 2 heterocycles. The molecule has 6 nitrogen and oxygen atoms in total. The highest BCUT2D eigenvalue weighted by Gasteiger charge is 2.31. The number of hydrogen-bond acceptors (Lipinski definition) is 5. The van der Waals surface area contributed by atoms with E-state index in [0.29, 0.717) is 31.9 Å². The van der Waals surface area contributed by atoms with Crippen LogP contribution < -0.4 is 4.90 Å². The Hall–Kier alpha value is -2.47. The van der Waals surface area contributed by atoms with Gasteiger partial charge in [-0.1, -0.05) is 18.2 Å². The molecule has 2 atom stereocenters. The number of nitrogens with zero attached hydrogens (tertiary/aromatic N) is 1. The lowest BCUT2D eigenvalue weighted by molar-refractivity contribution is -0.921. The molecule has 1 aromatic heterocycles. The predicted molar refractivity (Wildman–Crippen MR) is 106 cm³/mol. The van der Waals surface area contributed by atoms with Gasteiger partial charge in [0.2, 0.25) is 0 Å². The molecule has 1 unspecified atom stereocenters. The summed E-state index contributed by atoms with van der Waals surface area (Å²) in [6.07, 6.45) is 1.82. The minimum atomic E-state index is -0.327. The van der Waals surface area contributed by atoms with Crippen LogP contribution in [0.2, 0.25) is 0 Å². The van der Waals surface area contributed by atoms with Crippen molar-refractivity contribution in [3.63, 3.8) is 0 Å². The second-order valence-electron chi connectivity index (χ2n) is 7.27. The van der Waals surface area contributed by atoms with Crippen molar-refractivity contribution in [1.29, 1.82) is 0 Å². The SMILES string of the molecule is CCOC(=O)c1c(C[NH+]2CCC[C@H](C(=O)OCC)C2)nc2ccccc2c1C. The molecular formula is C22H29N2O4+. The first-order chi connectivity index (χ1) is 13.5. The van der Waals surface area contributed by atoms with E-state index < -0.39 is 0 Å². The van der Waals surface area contributed by atoms with Crippen LogP contribution >= 0.6 is 0 Å². The van der Waals surface area contributed by atoms with Gasteiger partial charge in [0, 0.05) is 5.39 Å². The number of ether oxygens (including phenoxy) is 2. The van der Waals surface area contributed by atoms with Crippen molar-refractivity contribution >= 4 is 22.8 Å². The summed E-state index contributed by atoms with van der Waals surface area (Å²) in [5.74, 6) is -0.532. The Bertz CT molecular complexity index is 865. The molecule has 0 saturated carbocycles. The zero-order valence-electron chi connectivity index (χ0n) is 16.9. The quantitative estimate of drug-likeness (QED) is 0.771. The Balaban J connectivity index is 1.92. The van der Waals surface area contributed by atoms with Gasteiger partial charge in [-0.25, -0.2) is 9.78 Å². The molecule has 1 N–H and O–H groups in total. The van der Waals surface area contributed by atoms with Crippen LogP contribution in [0.15, 0.2) is 24.3 Å². The number of fused-ring (bicyclic) bond motifs is 1. The van der Waals surface area contributed by atoms with Crippen LogP contribution in [0.3, 0.4) is 0 Å². The second-order valence-corrected chi connectivity index (χ2v) is 7.27. The van der Waals surface area contributed by atoms with E-state index in [0.717, 1.165) is 41.5 Å². The number of carbonyl (C=O) groups is 2. The van der Waals surface area contributed by atoms with E-state index in [4.69, 9.17) is 14.5 Å². The lowest BCUT2D eigenvalue weighted by Crippen LogP contribution is -3.12. The molecule has 0 bridgehead atoms. The number of hydrogen-bond donors (Lipinski definition) is 1. The Kier molecular flexibility index (Phi) is 6.62. The number of rotatable bonds is 6. The first-order valence-corrected chi connectivity index (χ1v) is 10.1. The Labute approximate surface area is 165 Å². The fourth-order valence-corrected chi connectivity index (χ4v) is 4.05. The van der Waals surface area contributed by atoms with E-state index in [2.05, 4.69) is 0 Å². The number of benzene rings is 1. The van der Waals surface area contributed by atoms with Crippen LogP contribution in [0.5, 0.6) is 0 Å². The molecule has 6 heteroatoms. The largest absolute Gasteiger partial charge is 0.466 e. The maximum absolute atomic E-state index is 12.7. The van der Waals surface area contributed by atoms with Crippen LogP contribution in [0, 0.1) is 12.8 Å². The van der Waals surface area contributed by atoms with E-state index >= 15 is 0 Å². The van der Waals surface area contributed by atoms with Gasteiger partial charge in [0.1, 0.15) is 18.2 Å². The highest BCUT2D eigenvalue weighted by Crippen LogP contribution is 2.23. The maximum atomic E-state index is 12.7. The normalized spacial score (nSPS) is 19.4. The van der Waals surface area contributed by atoms with Crippen LogP contribution in [-0.4, -0.2) is 43.2 Å². The molecule has 0 amide bonds. The summed E-state index contributed by atoms with van der Waals surface area (Å²) in [5.41, 5.74) is 3.08. The number of piperidine rings is 1. The van der Waals surface area contributed by atoms with Gasteiger partial charge in [-0.05, 0) is 45.2 Å². The van der Waals surface area contributed by atoms with Gasteiger partial charge in [0.15, 0.2) is 0 Å². The van der Waals surface area contributed by atoms with Crippen molar-refractivity contribution in [2.24, 2.45) is 5.92 Å². The number of carbonyl (C=O) groups excluding carboxylic acids is 2. The minimum absolute atomic E-state index is 0.0868. The standard InChI is InChI=1S/C22H28N2O4/c1-4-27-21(25)16-9-8-12-24(13-16)14-19-20(22(26)28-5-2)15(3)17-10-6-7-11-18(17)23-19/h6-7,10-11,16H,4-5,8-9,12-14H2,1-3H3/p+1/t16-/m0/s1. The lowest BCUT2D eigenvalue weighted by atomic mass is 9.97. The van der Waals surface area contributed by atoms with Gasteiger partial charge in [-0.2, -0.15) is 0 Å². The van der Waals surface area contributed by atoms with E-state index in [1.165, 1.54) is 4.90 Å². The molecule has 1 aliphatic heterocycles. The molecule has 1 aliphatic rings. The zero-order valence-corrected chi connectivity index (χ0v) is 16.9. The monoisotopic (exact) mass is 385 g/mol. The van der Waals surface area contributed by atoms with Gasteiger partial charge in [-0.3, -0.25) is 4.79 Å². The summed E-state index contributed by atoms with van der Waals surface area (Å²) < 4.78 is 10.5. The van der Waals surface area contributed by atoms with Gasteiger partial charge in [0.05, 0.1) is 37.4 Å². The summed E-state index contributed by atoms with van der Waals surface area (Å²) in [6, 6.07) is 7.85. The highest BCUT2D eigenvalue weighted by atomic mass is 16.5. The van der Waals surface area contributed by atoms with Crippen LogP contribution in [0.4, 0.5) is 0 Å². The Morgan fingerprint density at radius 1 is 1.18 bits per heavy atom. The first kappa shape index (κ1) is 20.3. The minimum Gasteiger partial charge on any atom is -0.466 e. The van der Waals surface area contributed by atoms with Crippen LogP contribution in [0.25, 0.3) is 10.9 Å². The number of pyridine rings is 1. The summed E-state index contributed by atoms with van der Waals surface area (Å²) in [7, 11) is 0.